The van der Waals surface area contributed by atoms with Gasteiger partial charge in [-0.15, -0.1) is 11.3 Å². The van der Waals surface area contributed by atoms with Crippen LogP contribution >= 0.6 is 11.3 Å². The molecule has 1 saturated carbocycles. The second kappa shape index (κ2) is 6.20. The molecule has 1 aromatic rings. The van der Waals surface area contributed by atoms with Gasteiger partial charge in [-0.3, -0.25) is 4.90 Å². The number of hydrogen-bond donors (Lipinski definition) is 1. The molecule has 1 saturated heterocycles. The van der Waals surface area contributed by atoms with Gasteiger partial charge < -0.3 is 10.2 Å². The summed E-state index contributed by atoms with van der Waals surface area (Å²) in [6.07, 6.45) is 5.95. The number of anilines is 1. The summed E-state index contributed by atoms with van der Waals surface area (Å²) in [5.41, 5.74) is 0. The van der Waals surface area contributed by atoms with Crippen molar-refractivity contribution < 1.29 is 0 Å². The van der Waals surface area contributed by atoms with E-state index in [0.717, 1.165) is 19.1 Å². The SMILES string of the molecule is CC(CCNC1CC1)N1CCN(c2nccs2)CC1. The largest absolute Gasteiger partial charge is 0.346 e. The molecule has 0 spiro atoms. The van der Waals surface area contributed by atoms with Crippen LogP contribution in [0.15, 0.2) is 11.6 Å². The van der Waals surface area contributed by atoms with Crippen molar-refractivity contribution in [3.63, 3.8) is 0 Å². The number of nitrogens with one attached hydrogen (secondary N) is 1. The summed E-state index contributed by atoms with van der Waals surface area (Å²) in [5, 5.41) is 6.86. The highest BCUT2D eigenvalue weighted by atomic mass is 32.1. The van der Waals surface area contributed by atoms with E-state index in [0.29, 0.717) is 6.04 Å². The van der Waals surface area contributed by atoms with Crippen molar-refractivity contribution in [3.8, 4) is 0 Å². The summed E-state index contributed by atoms with van der Waals surface area (Å²) in [4.78, 5) is 9.44. The maximum absolute atomic E-state index is 4.40. The predicted octanol–water partition coefficient (Wildman–Crippen LogP) is 1.80. The molecular formula is C14H24N4S. The first-order valence-corrected chi connectivity index (χ1v) is 8.33. The molecule has 1 N–H and O–H groups in total. The first-order valence-electron chi connectivity index (χ1n) is 7.45. The fraction of sp³-hybridized carbons (Fsp3) is 0.786. The Balaban J connectivity index is 1.38. The van der Waals surface area contributed by atoms with Crippen LogP contribution in [0, 0.1) is 0 Å². The molecule has 1 aliphatic heterocycles. The third-order valence-corrected chi connectivity index (χ3v) is 5.03. The lowest BCUT2D eigenvalue weighted by Gasteiger charge is -2.38. The first-order chi connectivity index (χ1) is 9.33. The van der Waals surface area contributed by atoms with Gasteiger partial charge in [-0.25, -0.2) is 4.98 Å². The maximum atomic E-state index is 4.40. The molecule has 0 amide bonds. The Morgan fingerprint density at radius 1 is 1.37 bits per heavy atom. The van der Waals surface area contributed by atoms with Gasteiger partial charge in [0.1, 0.15) is 0 Å². The third-order valence-electron chi connectivity index (χ3n) is 4.20. The second-order valence-corrected chi connectivity index (χ2v) is 6.58. The molecule has 1 aliphatic carbocycles. The monoisotopic (exact) mass is 280 g/mol. The summed E-state index contributed by atoms with van der Waals surface area (Å²) in [7, 11) is 0. The Bertz CT molecular complexity index is 369. The van der Waals surface area contributed by atoms with Crippen molar-refractivity contribution in [2.45, 2.75) is 38.3 Å². The average Bonchev–Trinajstić information content (AvgIpc) is 3.10. The molecule has 19 heavy (non-hydrogen) atoms. The van der Waals surface area contributed by atoms with E-state index in [4.69, 9.17) is 0 Å². The number of thiazole rings is 1. The smallest absolute Gasteiger partial charge is 0.185 e. The van der Waals surface area contributed by atoms with Crippen LogP contribution in [0.5, 0.6) is 0 Å². The Hall–Kier alpha value is -0.650. The van der Waals surface area contributed by atoms with Crippen LogP contribution in [0.4, 0.5) is 5.13 Å². The lowest BCUT2D eigenvalue weighted by atomic mass is 10.1. The highest BCUT2D eigenvalue weighted by Gasteiger charge is 2.23. The van der Waals surface area contributed by atoms with Crippen LogP contribution in [-0.2, 0) is 0 Å². The molecule has 0 bridgehead atoms. The summed E-state index contributed by atoms with van der Waals surface area (Å²) >= 11 is 1.75. The minimum Gasteiger partial charge on any atom is -0.346 e. The topological polar surface area (TPSA) is 31.4 Å². The highest BCUT2D eigenvalue weighted by Crippen LogP contribution is 2.21. The zero-order valence-corrected chi connectivity index (χ0v) is 12.5. The summed E-state index contributed by atoms with van der Waals surface area (Å²) in [6.45, 7) is 8.13. The van der Waals surface area contributed by atoms with Crippen molar-refractivity contribution >= 4 is 16.5 Å². The highest BCUT2D eigenvalue weighted by molar-refractivity contribution is 7.13. The van der Waals surface area contributed by atoms with Crippen LogP contribution in [0.2, 0.25) is 0 Å². The molecule has 0 aromatic carbocycles. The van der Waals surface area contributed by atoms with Crippen molar-refractivity contribution in [2.75, 3.05) is 37.6 Å². The minimum absolute atomic E-state index is 0.699. The van der Waals surface area contributed by atoms with Gasteiger partial charge in [0, 0.05) is 49.8 Å². The van der Waals surface area contributed by atoms with E-state index in [2.05, 4.69) is 32.4 Å². The van der Waals surface area contributed by atoms with E-state index in [1.807, 2.05) is 6.20 Å². The first kappa shape index (κ1) is 13.3. The standard InChI is InChI=1S/C14H24N4S/c1-12(4-5-15-13-2-3-13)17-7-9-18(10-8-17)14-16-6-11-19-14/h6,11-13,15H,2-5,7-10H2,1H3. The van der Waals surface area contributed by atoms with Crippen LogP contribution in [0.3, 0.4) is 0 Å². The van der Waals surface area contributed by atoms with E-state index in [9.17, 15) is 0 Å². The van der Waals surface area contributed by atoms with Gasteiger partial charge in [0.25, 0.3) is 0 Å². The molecular weight excluding hydrogens is 256 g/mol. The second-order valence-electron chi connectivity index (χ2n) is 5.70. The van der Waals surface area contributed by atoms with Gasteiger partial charge in [-0.1, -0.05) is 0 Å². The van der Waals surface area contributed by atoms with Crippen LogP contribution < -0.4 is 10.2 Å². The van der Waals surface area contributed by atoms with Gasteiger partial charge in [0.2, 0.25) is 0 Å². The molecule has 2 aliphatic rings. The number of rotatable bonds is 6. The van der Waals surface area contributed by atoms with E-state index in [1.165, 1.54) is 44.0 Å². The molecule has 2 fully saturated rings. The minimum atomic E-state index is 0.699. The van der Waals surface area contributed by atoms with E-state index >= 15 is 0 Å². The van der Waals surface area contributed by atoms with Gasteiger partial charge in [-0.2, -0.15) is 0 Å². The molecule has 106 valence electrons. The predicted molar refractivity (Wildman–Crippen MR) is 81.0 cm³/mol. The van der Waals surface area contributed by atoms with Gasteiger partial charge >= 0.3 is 0 Å². The summed E-state index contributed by atoms with van der Waals surface area (Å²) in [6, 6.07) is 1.54. The molecule has 0 radical (unpaired) electrons. The van der Waals surface area contributed by atoms with Gasteiger partial charge in [-0.05, 0) is 32.7 Å². The number of aromatic nitrogens is 1. The summed E-state index contributed by atoms with van der Waals surface area (Å²) < 4.78 is 0. The van der Waals surface area contributed by atoms with Crippen LogP contribution in [-0.4, -0.2) is 54.7 Å². The molecule has 5 heteroatoms. The van der Waals surface area contributed by atoms with Crippen LogP contribution in [0.1, 0.15) is 26.2 Å². The van der Waals surface area contributed by atoms with E-state index in [-0.39, 0.29) is 0 Å². The van der Waals surface area contributed by atoms with E-state index < -0.39 is 0 Å². The van der Waals surface area contributed by atoms with Gasteiger partial charge in [0.05, 0.1) is 0 Å². The molecule has 1 unspecified atom stereocenters. The molecule has 4 nitrogen and oxygen atoms in total. The zero-order chi connectivity index (χ0) is 13.1. The lowest BCUT2D eigenvalue weighted by Crippen LogP contribution is -2.50. The Morgan fingerprint density at radius 2 is 2.16 bits per heavy atom. The molecule has 1 aromatic heterocycles. The van der Waals surface area contributed by atoms with Crippen molar-refractivity contribution in [2.24, 2.45) is 0 Å². The summed E-state index contributed by atoms with van der Waals surface area (Å²) in [5.74, 6) is 0. The average molecular weight is 280 g/mol. The quantitative estimate of drug-likeness (QED) is 0.861. The van der Waals surface area contributed by atoms with Crippen LogP contribution in [0.25, 0.3) is 0 Å². The molecule has 3 rings (SSSR count). The lowest BCUT2D eigenvalue weighted by molar-refractivity contribution is 0.188. The fourth-order valence-corrected chi connectivity index (χ4v) is 3.39. The van der Waals surface area contributed by atoms with Crippen molar-refractivity contribution in [1.82, 2.24) is 15.2 Å². The Morgan fingerprint density at radius 3 is 2.79 bits per heavy atom. The Labute approximate surface area is 119 Å². The van der Waals surface area contributed by atoms with Crippen molar-refractivity contribution in [1.29, 1.82) is 0 Å². The molecule has 2 heterocycles. The number of nitrogens with zero attached hydrogens (tertiary/aromatic N) is 3. The Kier molecular flexibility index (Phi) is 4.35. The normalized spacial score (nSPS) is 22.7. The van der Waals surface area contributed by atoms with Gasteiger partial charge in [0.15, 0.2) is 5.13 Å². The fourth-order valence-electron chi connectivity index (χ4n) is 2.69. The third kappa shape index (κ3) is 3.68. The maximum Gasteiger partial charge on any atom is 0.185 e. The van der Waals surface area contributed by atoms with E-state index in [1.54, 1.807) is 11.3 Å². The number of hydrogen-bond acceptors (Lipinski definition) is 5. The number of piperazine rings is 1. The van der Waals surface area contributed by atoms with Crippen molar-refractivity contribution in [3.05, 3.63) is 11.6 Å². The molecule has 1 atom stereocenters. The zero-order valence-electron chi connectivity index (χ0n) is 11.7.